The molecule has 98 valence electrons. The Morgan fingerprint density at radius 1 is 1.10 bits per heavy atom. The Labute approximate surface area is 117 Å². The maximum atomic E-state index is 4.54. The molecule has 0 saturated heterocycles. The molecule has 0 N–H and O–H groups in total. The van der Waals surface area contributed by atoms with Gasteiger partial charge in [-0.25, -0.2) is 4.68 Å². The first-order valence-electron chi connectivity index (χ1n) is 6.39. The van der Waals surface area contributed by atoms with Gasteiger partial charge in [-0.2, -0.15) is 5.10 Å². The summed E-state index contributed by atoms with van der Waals surface area (Å²) in [6.07, 6.45) is 9.06. The van der Waals surface area contributed by atoms with E-state index < -0.39 is 0 Å². The number of benzene rings is 1. The third-order valence-electron chi connectivity index (χ3n) is 2.96. The van der Waals surface area contributed by atoms with Crippen LogP contribution in [-0.4, -0.2) is 19.7 Å². The van der Waals surface area contributed by atoms with Crippen LogP contribution in [0.3, 0.4) is 0 Å². The van der Waals surface area contributed by atoms with Gasteiger partial charge in [0.15, 0.2) is 0 Å². The largest absolute Gasteiger partial charge is 0.261 e. The Morgan fingerprint density at radius 2 is 1.95 bits per heavy atom. The number of hydrogen-bond donors (Lipinski definition) is 0. The summed E-state index contributed by atoms with van der Waals surface area (Å²) in [5.41, 5.74) is 3.85. The molecule has 0 bridgehead atoms. The zero-order chi connectivity index (χ0) is 13.8. The predicted octanol–water partition coefficient (Wildman–Crippen LogP) is 3.22. The zero-order valence-corrected chi connectivity index (χ0v) is 11.1. The van der Waals surface area contributed by atoms with Crippen molar-refractivity contribution in [2.75, 3.05) is 0 Å². The molecule has 0 saturated carbocycles. The van der Waals surface area contributed by atoms with Gasteiger partial charge in [0, 0.05) is 18.6 Å². The fourth-order valence-electron chi connectivity index (χ4n) is 1.94. The van der Waals surface area contributed by atoms with Crippen LogP contribution in [0.25, 0.3) is 17.3 Å². The van der Waals surface area contributed by atoms with E-state index in [1.54, 1.807) is 18.6 Å². The molecule has 4 heteroatoms. The average molecular weight is 262 g/mol. The molecule has 0 spiro atoms. The molecule has 2 aromatic heterocycles. The van der Waals surface area contributed by atoms with Crippen LogP contribution in [-0.2, 0) is 0 Å². The van der Waals surface area contributed by atoms with Gasteiger partial charge >= 0.3 is 0 Å². The highest BCUT2D eigenvalue weighted by Crippen LogP contribution is 2.14. The van der Waals surface area contributed by atoms with E-state index in [2.05, 4.69) is 15.1 Å². The normalized spacial score (nSPS) is 11.6. The molecule has 0 fully saturated rings. The van der Waals surface area contributed by atoms with Gasteiger partial charge in [-0.15, -0.1) is 0 Å². The van der Waals surface area contributed by atoms with Gasteiger partial charge < -0.3 is 0 Å². The quantitative estimate of drug-likeness (QED) is 0.728. The summed E-state index contributed by atoms with van der Waals surface area (Å²) in [4.78, 5) is 8.35. The number of para-hydroxylation sites is 1. The van der Waals surface area contributed by atoms with Crippen molar-refractivity contribution >= 4 is 11.6 Å². The second kappa shape index (κ2) is 5.48. The number of rotatable bonds is 3. The van der Waals surface area contributed by atoms with Gasteiger partial charge in [0.1, 0.15) is 0 Å². The summed E-state index contributed by atoms with van der Waals surface area (Å²) < 4.78 is 1.86. The lowest BCUT2D eigenvalue weighted by Crippen LogP contribution is -1.94. The van der Waals surface area contributed by atoms with Crippen LogP contribution in [0.1, 0.15) is 18.3 Å². The fourth-order valence-corrected chi connectivity index (χ4v) is 1.94. The molecule has 20 heavy (non-hydrogen) atoms. The van der Waals surface area contributed by atoms with Crippen LogP contribution in [0.5, 0.6) is 0 Å². The van der Waals surface area contributed by atoms with Gasteiger partial charge in [-0.05, 0) is 36.8 Å². The molecule has 0 radical (unpaired) electrons. The maximum Gasteiger partial charge on any atom is 0.0858 e. The SMILES string of the molecule is CC(=Cc1ccn(-c2ccccc2)n1)c1cnccn1. The molecule has 1 aromatic carbocycles. The molecule has 4 nitrogen and oxygen atoms in total. The van der Waals surface area contributed by atoms with Crippen molar-refractivity contribution in [2.45, 2.75) is 6.92 Å². The third kappa shape index (κ3) is 2.64. The summed E-state index contributed by atoms with van der Waals surface area (Å²) in [5, 5.41) is 4.54. The standard InChI is InChI=1S/C16H14N4/c1-13(16-12-17-8-9-18-16)11-14-7-10-20(19-14)15-5-3-2-4-6-15/h2-12H,1H3. The predicted molar refractivity (Wildman–Crippen MR) is 79.1 cm³/mol. The molecule has 0 atom stereocenters. The molecule has 0 unspecified atom stereocenters. The van der Waals surface area contributed by atoms with Crippen LogP contribution in [0.4, 0.5) is 0 Å². The van der Waals surface area contributed by atoms with Crippen LogP contribution in [0.2, 0.25) is 0 Å². The maximum absolute atomic E-state index is 4.54. The Morgan fingerprint density at radius 3 is 2.70 bits per heavy atom. The molecule has 0 aliphatic carbocycles. The molecule has 2 heterocycles. The van der Waals surface area contributed by atoms with E-state index in [9.17, 15) is 0 Å². The second-order valence-corrected chi connectivity index (χ2v) is 4.44. The van der Waals surface area contributed by atoms with Crippen LogP contribution in [0, 0.1) is 0 Å². The number of hydrogen-bond acceptors (Lipinski definition) is 3. The summed E-state index contributed by atoms with van der Waals surface area (Å²) in [6.45, 7) is 2.01. The molecular weight excluding hydrogens is 248 g/mol. The van der Waals surface area contributed by atoms with E-state index in [4.69, 9.17) is 0 Å². The molecule has 3 aromatic rings. The highest BCUT2D eigenvalue weighted by Gasteiger charge is 2.01. The van der Waals surface area contributed by atoms with E-state index in [1.807, 2.05) is 60.3 Å². The van der Waals surface area contributed by atoms with E-state index in [0.717, 1.165) is 22.6 Å². The Balaban J connectivity index is 1.88. The van der Waals surface area contributed by atoms with Crippen molar-refractivity contribution in [3.63, 3.8) is 0 Å². The van der Waals surface area contributed by atoms with Crippen LogP contribution < -0.4 is 0 Å². The first-order chi connectivity index (χ1) is 9.83. The molecule has 0 aliphatic heterocycles. The molecule has 3 rings (SSSR count). The van der Waals surface area contributed by atoms with Gasteiger partial charge in [-0.1, -0.05) is 18.2 Å². The highest BCUT2D eigenvalue weighted by atomic mass is 15.3. The molecule has 0 amide bonds. The minimum absolute atomic E-state index is 0.863. The number of allylic oxidation sites excluding steroid dienone is 1. The minimum atomic E-state index is 0.863. The average Bonchev–Trinajstić information content (AvgIpc) is 2.97. The van der Waals surface area contributed by atoms with Gasteiger partial charge in [-0.3, -0.25) is 9.97 Å². The van der Waals surface area contributed by atoms with Crippen molar-refractivity contribution in [2.24, 2.45) is 0 Å². The number of aromatic nitrogens is 4. The van der Waals surface area contributed by atoms with Crippen LogP contribution in [0.15, 0.2) is 61.2 Å². The monoisotopic (exact) mass is 262 g/mol. The van der Waals surface area contributed by atoms with Gasteiger partial charge in [0.05, 0.1) is 23.3 Å². The Kier molecular flexibility index (Phi) is 3.37. The minimum Gasteiger partial charge on any atom is -0.261 e. The summed E-state index contributed by atoms with van der Waals surface area (Å²) in [6, 6.07) is 12.0. The zero-order valence-electron chi connectivity index (χ0n) is 11.1. The topological polar surface area (TPSA) is 43.6 Å². The Hall–Kier alpha value is -2.75. The first kappa shape index (κ1) is 12.3. The van der Waals surface area contributed by atoms with E-state index in [-0.39, 0.29) is 0 Å². The van der Waals surface area contributed by atoms with Crippen molar-refractivity contribution in [3.05, 3.63) is 72.6 Å². The van der Waals surface area contributed by atoms with Gasteiger partial charge in [0.25, 0.3) is 0 Å². The third-order valence-corrected chi connectivity index (χ3v) is 2.96. The lowest BCUT2D eigenvalue weighted by Gasteiger charge is -2.00. The smallest absolute Gasteiger partial charge is 0.0858 e. The van der Waals surface area contributed by atoms with E-state index in [1.165, 1.54) is 0 Å². The number of nitrogens with zero attached hydrogens (tertiary/aromatic N) is 4. The lowest BCUT2D eigenvalue weighted by molar-refractivity contribution is 0.876. The van der Waals surface area contributed by atoms with Crippen molar-refractivity contribution in [1.82, 2.24) is 19.7 Å². The summed E-state index contributed by atoms with van der Waals surface area (Å²) >= 11 is 0. The van der Waals surface area contributed by atoms with E-state index >= 15 is 0 Å². The molecular formula is C16H14N4. The van der Waals surface area contributed by atoms with Crippen molar-refractivity contribution in [3.8, 4) is 5.69 Å². The summed E-state index contributed by atoms with van der Waals surface area (Å²) in [7, 11) is 0. The first-order valence-corrected chi connectivity index (χ1v) is 6.39. The van der Waals surface area contributed by atoms with E-state index in [0.29, 0.717) is 0 Å². The van der Waals surface area contributed by atoms with Crippen molar-refractivity contribution < 1.29 is 0 Å². The Bertz CT molecular complexity index is 715. The fraction of sp³-hybridized carbons (Fsp3) is 0.0625. The summed E-state index contributed by atoms with van der Waals surface area (Å²) in [5.74, 6) is 0. The molecule has 0 aliphatic rings. The lowest BCUT2D eigenvalue weighted by atomic mass is 10.2. The highest BCUT2D eigenvalue weighted by molar-refractivity contribution is 5.77. The van der Waals surface area contributed by atoms with Crippen molar-refractivity contribution in [1.29, 1.82) is 0 Å². The van der Waals surface area contributed by atoms with Crippen LogP contribution >= 0.6 is 0 Å². The van der Waals surface area contributed by atoms with Gasteiger partial charge in [0.2, 0.25) is 0 Å². The second-order valence-electron chi connectivity index (χ2n) is 4.44.